The van der Waals surface area contributed by atoms with E-state index in [4.69, 9.17) is 27.2 Å². The summed E-state index contributed by atoms with van der Waals surface area (Å²) < 4.78 is 0. The van der Waals surface area contributed by atoms with Crippen LogP contribution in [0.2, 0.25) is 0 Å². The first-order chi connectivity index (χ1) is 21.6. The van der Waals surface area contributed by atoms with Gasteiger partial charge in [-0.25, -0.2) is 9.97 Å². The van der Waals surface area contributed by atoms with Gasteiger partial charge in [0.05, 0.1) is 29.7 Å². The molecule has 2 saturated carbocycles. The highest BCUT2D eigenvalue weighted by Gasteiger charge is 2.60. The summed E-state index contributed by atoms with van der Waals surface area (Å²) in [5, 5.41) is 19.5. The number of hydrogen-bond donors (Lipinski definition) is 5. The number of carboxylic acid groups (broad SMARTS) is 1. The summed E-state index contributed by atoms with van der Waals surface area (Å²) in [4.78, 5) is 30.4. The number of carboxylic acids is 1. The molecule has 45 heavy (non-hydrogen) atoms. The van der Waals surface area contributed by atoms with Crippen molar-refractivity contribution in [3.05, 3.63) is 59.8 Å². The van der Waals surface area contributed by atoms with Gasteiger partial charge < -0.3 is 42.1 Å². The SMILES string of the molecule is NC(N)=C(/C=C(\N)c1ccccc1O)N1CC2CCC(C1)N2c1ncc(N2CC3(C2)CN(C2CC4(CC(C(=O)O)C4)C2)C3)cn1. The molecule has 2 spiro atoms. The molecule has 6 fully saturated rings. The number of likely N-dealkylation sites (tertiary alicyclic amines) is 2. The Balaban J connectivity index is 0.853. The molecule has 2 unspecified atom stereocenters. The predicted molar refractivity (Wildman–Crippen MR) is 171 cm³/mol. The molecule has 6 aliphatic rings. The van der Waals surface area contributed by atoms with Crippen LogP contribution in [-0.4, -0.2) is 93.3 Å². The molecule has 1 aromatic heterocycles. The van der Waals surface area contributed by atoms with Crippen molar-refractivity contribution in [1.82, 2.24) is 19.8 Å². The third kappa shape index (κ3) is 4.72. The average Bonchev–Trinajstić information content (AvgIpc) is 3.19. The molecule has 12 nitrogen and oxygen atoms in total. The zero-order chi connectivity index (χ0) is 31.1. The standard InChI is InChI=1S/C33H43N9O3/c34-26(25-3-1-2-4-28(25)43)7-27(29(35)36)39-14-21-5-6-22(15-39)42(21)31-37-12-24(13-38-31)41-18-33(19-41)16-40(17-33)23-10-32(11-23)8-20(9-32)30(44)45/h1-4,7,12-13,20-23,43H,5-6,8-11,14-19,34-36H2,(H,44,45)/b26-7-. The van der Waals surface area contributed by atoms with Crippen molar-refractivity contribution in [2.75, 3.05) is 49.1 Å². The molecular formula is C33H43N9O3. The van der Waals surface area contributed by atoms with Crippen LogP contribution in [0.25, 0.3) is 5.70 Å². The highest BCUT2D eigenvalue weighted by Crippen LogP contribution is 2.61. The van der Waals surface area contributed by atoms with Gasteiger partial charge in [-0.05, 0) is 62.1 Å². The molecule has 4 saturated heterocycles. The lowest BCUT2D eigenvalue weighted by Crippen LogP contribution is -2.75. The number of para-hydroxylation sites is 1. The highest BCUT2D eigenvalue weighted by molar-refractivity contribution is 5.71. The Hall–Kier alpha value is -4.19. The van der Waals surface area contributed by atoms with E-state index in [1.807, 2.05) is 18.5 Å². The molecule has 2 aromatic rings. The summed E-state index contributed by atoms with van der Waals surface area (Å²) in [6, 6.07) is 8.09. The third-order valence-electron chi connectivity index (χ3n) is 11.5. The molecule has 0 amide bonds. The Morgan fingerprint density at radius 1 is 0.889 bits per heavy atom. The minimum Gasteiger partial charge on any atom is -0.507 e. The van der Waals surface area contributed by atoms with Crippen LogP contribution in [-0.2, 0) is 4.79 Å². The number of anilines is 2. The van der Waals surface area contributed by atoms with Gasteiger partial charge in [-0.3, -0.25) is 9.69 Å². The fraction of sp³-hybridized carbons (Fsp3) is 0.545. The second kappa shape index (κ2) is 10.2. The molecule has 2 bridgehead atoms. The maximum atomic E-state index is 11.2. The van der Waals surface area contributed by atoms with E-state index in [9.17, 15) is 15.0 Å². The van der Waals surface area contributed by atoms with Crippen LogP contribution in [0, 0.1) is 16.7 Å². The highest BCUT2D eigenvalue weighted by atomic mass is 16.4. The van der Waals surface area contributed by atoms with E-state index in [2.05, 4.69) is 19.6 Å². The van der Waals surface area contributed by atoms with Gasteiger partial charge in [0.1, 0.15) is 11.6 Å². The van der Waals surface area contributed by atoms with Crippen molar-refractivity contribution in [1.29, 1.82) is 0 Å². The number of benzene rings is 1. The summed E-state index contributed by atoms with van der Waals surface area (Å²) in [7, 11) is 0. The Morgan fingerprint density at radius 2 is 1.53 bits per heavy atom. The minimum absolute atomic E-state index is 0.104. The van der Waals surface area contributed by atoms with Crippen LogP contribution in [0.4, 0.5) is 11.6 Å². The van der Waals surface area contributed by atoms with E-state index in [1.54, 1.807) is 24.3 Å². The number of hydrogen-bond acceptors (Lipinski definition) is 11. The zero-order valence-electron chi connectivity index (χ0n) is 25.6. The average molecular weight is 614 g/mol. The van der Waals surface area contributed by atoms with Gasteiger partial charge in [-0.1, -0.05) is 12.1 Å². The van der Waals surface area contributed by atoms with Gasteiger partial charge >= 0.3 is 5.97 Å². The van der Waals surface area contributed by atoms with Crippen molar-refractivity contribution in [2.24, 2.45) is 33.9 Å². The maximum absolute atomic E-state index is 11.2. The van der Waals surface area contributed by atoms with Gasteiger partial charge in [0.25, 0.3) is 0 Å². The molecule has 8 rings (SSSR count). The number of phenols is 1. The van der Waals surface area contributed by atoms with Crippen LogP contribution < -0.4 is 27.0 Å². The predicted octanol–water partition coefficient (Wildman–Crippen LogP) is 1.69. The van der Waals surface area contributed by atoms with Gasteiger partial charge in [-0.15, -0.1) is 0 Å². The zero-order valence-corrected chi connectivity index (χ0v) is 25.6. The van der Waals surface area contributed by atoms with Gasteiger partial charge in [0, 0.05) is 74.1 Å². The minimum atomic E-state index is -0.616. The monoisotopic (exact) mass is 613 g/mol. The summed E-state index contributed by atoms with van der Waals surface area (Å²) in [6.45, 7) is 5.84. The van der Waals surface area contributed by atoms with Crippen LogP contribution in [0.15, 0.2) is 54.3 Å². The first-order valence-electron chi connectivity index (χ1n) is 16.2. The van der Waals surface area contributed by atoms with Crippen molar-refractivity contribution in [3.63, 3.8) is 0 Å². The third-order valence-corrected chi connectivity index (χ3v) is 11.5. The first-order valence-corrected chi connectivity index (χ1v) is 16.2. The van der Waals surface area contributed by atoms with Crippen molar-refractivity contribution >= 4 is 23.3 Å². The summed E-state index contributed by atoms with van der Waals surface area (Å²) in [5.41, 5.74) is 22.1. The van der Waals surface area contributed by atoms with Crippen LogP contribution in [0.5, 0.6) is 5.75 Å². The molecule has 12 heteroatoms. The molecule has 4 aliphatic heterocycles. The van der Waals surface area contributed by atoms with Crippen molar-refractivity contribution in [2.45, 2.75) is 56.7 Å². The Labute approximate surface area is 263 Å². The van der Waals surface area contributed by atoms with Crippen molar-refractivity contribution < 1.29 is 15.0 Å². The van der Waals surface area contributed by atoms with Crippen LogP contribution in [0.1, 0.15) is 44.1 Å². The number of phenolic OH excluding ortho intramolecular Hbond substituents is 1. The van der Waals surface area contributed by atoms with E-state index in [0.29, 0.717) is 33.8 Å². The molecule has 238 valence electrons. The number of piperazine rings is 1. The number of nitrogens with zero attached hydrogens (tertiary/aromatic N) is 6. The number of fused-ring (bicyclic) bond motifs is 2. The maximum Gasteiger partial charge on any atom is 0.306 e. The lowest BCUT2D eigenvalue weighted by molar-refractivity contribution is -0.169. The normalized spacial score (nSPS) is 31.6. The summed E-state index contributed by atoms with van der Waals surface area (Å²) in [5.74, 6) is 0.365. The molecule has 2 aliphatic carbocycles. The van der Waals surface area contributed by atoms with Crippen LogP contribution in [0.3, 0.4) is 0 Å². The number of aromatic hydroxyl groups is 1. The number of nitrogens with two attached hydrogens (primary N) is 3. The van der Waals surface area contributed by atoms with Gasteiger partial charge in [-0.2, -0.15) is 0 Å². The summed E-state index contributed by atoms with van der Waals surface area (Å²) >= 11 is 0. The second-order valence-electron chi connectivity index (χ2n) is 14.7. The second-order valence-corrected chi connectivity index (χ2v) is 14.7. The number of aliphatic carboxylic acids is 1. The smallest absolute Gasteiger partial charge is 0.306 e. The van der Waals surface area contributed by atoms with E-state index in [1.165, 1.54) is 12.8 Å². The lowest BCUT2D eigenvalue weighted by atomic mass is 9.49. The number of allylic oxidation sites excluding steroid dienone is 1. The summed E-state index contributed by atoms with van der Waals surface area (Å²) in [6.07, 6.45) is 11.9. The fourth-order valence-corrected chi connectivity index (χ4v) is 9.25. The Kier molecular flexibility index (Phi) is 6.39. The topological polar surface area (TPSA) is 174 Å². The van der Waals surface area contributed by atoms with E-state index in [-0.39, 0.29) is 29.6 Å². The fourth-order valence-electron chi connectivity index (χ4n) is 9.25. The molecule has 8 N–H and O–H groups in total. The quantitative estimate of drug-likeness (QED) is 0.286. The first kappa shape index (κ1) is 28.3. The molecular weight excluding hydrogens is 570 g/mol. The van der Waals surface area contributed by atoms with E-state index >= 15 is 0 Å². The van der Waals surface area contributed by atoms with Crippen molar-refractivity contribution in [3.8, 4) is 5.75 Å². The number of rotatable bonds is 7. The Bertz CT molecular complexity index is 1530. The largest absolute Gasteiger partial charge is 0.507 e. The molecule has 5 heterocycles. The molecule has 1 aromatic carbocycles. The van der Waals surface area contributed by atoms with E-state index in [0.717, 1.165) is 76.6 Å². The van der Waals surface area contributed by atoms with Crippen LogP contribution >= 0.6 is 0 Å². The van der Waals surface area contributed by atoms with E-state index < -0.39 is 5.97 Å². The molecule has 2 atom stereocenters. The van der Waals surface area contributed by atoms with Gasteiger partial charge in [0.15, 0.2) is 0 Å². The lowest BCUT2D eigenvalue weighted by Gasteiger charge is -2.67. The number of carbonyl (C=O) groups is 1. The van der Waals surface area contributed by atoms with Gasteiger partial charge in [0.2, 0.25) is 5.95 Å². The Morgan fingerprint density at radius 3 is 2.13 bits per heavy atom. The number of aromatic nitrogens is 2. The molecule has 0 radical (unpaired) electrons.